The molecule has 2 fully saturated rings. The lowest BCUT2D eigenvalue weighted by molar-refractivity contribution is 0.292. The van der Waals surface area contributed by atoms with Crippen LogP contribution >= 0.6 is 11.6 Å². The lowest BCUT2D eigenvalue weighted by Crippen LogP contribution is -2.44. The molecule has 4 aromatic heterocycles. The Morgan fingerprint density at radius 3 is 2.51 bits per heavy atom. The summed E-state index contributed by atoms with van der Waals surface area (Å²) in [7, 11) is 2.24. The molecule has 0 aliphatic carbocycles. The van der Waals surface area contributed by atoms with Crippen LogP contribution < -0.4 is 4.90 Å². The third-order valence-electron chi connectivity index (χ3n) is 8.32. The molecule has 9 heteroatoms. The first-order valence-electron chi connectivity index (χ1n) is 13.1. The summed E-state index contributed by atoms with van der Waals surface area (Å²) in [4.78, 5) is 14.1. The lowest BCUT2D eigenvalue weighted by Gasteiger charge is -2.33. The third-order valence-corrected chi connectivity index (χ3v) is 8.63. The van der Waals surface area contributed by atoms with E-state index in [1.807, 2.05) is 47.2 Å². The number of halogens is 1. The van der Waals surface area contributed by atoms with Gasteiger partial charge in [0.05, 0.1) is 28.0 Å². The highest BCUT2D eigenvalue weighted by Crippen LogP contribution is 2.41. The highest BCUT2D eigenvalue weighted by molar-refractivity contribution is 6.35. The number of H-pyrrole nitrogens is 1. The molecule has 2 aromatic carbocycles. The van der Waals surface area contributed by atoms with Crippen LogP contribution in [-0.4, -0.2) is 66.9 Å². The number of nitrogens with one attached hydrogen (secondary N) is 1. The zero-order valence-corrected chi connectivity index (χ0v) is 22.0. The van der Waals surface area contributed by atoms with Gasteiger partial charge in [-0.25, -0.2) is 9.50 Å². The maximum Gasteiger partial charge on any atom is 0.164 e. The molecule has 0 amide bonds. The molecule has 2 aliphatic heterocycles. The highest BCUT2D eigenvalue weighted by Gasteiger charge is 2.41. The van der Waals surface area contributed by atoms with Crippen molar-refractivity contribution < 1.29 is 0 Å². The van der Waals surface area contributed by atoms with E-state index in [0.29, 0.717) is 17.1 Å². The van der Waals surface area contributed by atoms with Crippen molar-refractivity contribution >= 4 is 33.8 Å². The smallest absolute Gasteiger partial charge is 0.164 e. The summed E-state index contributed by atoms with van der Waals surface area (Å²) in [6.45, 7) is 2.24. The van der Waals surface area contributed by atoms with Gasteiger partial charge in [0, 0.05) is 66.0 Å². The molecule has 39 heavy (non-hydrogen) atoms. The first kappa shape index (κ1) is 22.7. The van der Waals surface area contributed by atoms with Gasteiger partial charge in [0.1, 0.15) is 5.69 Å². The summed E-state index contributed by atoms with van der Waals surface area (Å²) in [6, 6.07) is 20.0. The van der Waals surface area contributed by atoms with E-state index in [0.717, 1.165) is 63.3 Å². The normalized spacial score (nSPS) is 19.1. The Morgan fingerprint density at radius 2 is 1.74 bits per heavy atom. The van der Waals surface area contributed by atoms with Gasteiger partial charge >= 0.3 is 0 Å². The number of aromatic nitrogens is 6. The van der Waals surface area contributed by atoms with Crippen LogP contribution in [-0.2, 0) is 0 Å². The number of hydrogen-bond donors (Lipinski definition) is 1. The number of nitrogens with zero attached hydrogens (tertiary/aromatic N) is 7. The quantitative estimate of drug-likeness (QED) is 0.321. The second-order valence-electron chi connectivity index (χ2n) is 10.5. The minimum Gasteiger partial charge on any atom is -0.366 e. The zero-order valence-electron chi connectivity index (χ0n) is 21.3. The van der Waals surface area contributed by atoms with Gasteiger partial charge in [-0.05, 0) is 55.4 Å². The average Bonchev–Trinajstić information content (AvgIpc) is 3.77. The van der Waals surface area contributed by atoms with E-state index < -0.39 is 0 Å². The number of hydrogen-bond acceptors (Lipinski definition) is 6. The zero-order chi connectivity index (χ0) is 26.1. The van der Waals surface area contributed by atoms with E-state index in [4.69, 9.17) is 21.7 Å². The van der Waals surface area contributed by atoms with Crippen molar-refractivity contribution in [1.82, 2.24) is 34.7 Å². The maximum absolute atomic E-state index is 6.48. The third kappa shape index (κ3) is 3.48. The predicted molar refractivity (Wildman–Crippen MR) is 154 cm³/mol. The summed E-state index contributed by atoms with van der Waals surface area (Å²) in [6.07, 6.45) is 8.49. The molecule has 0 saturated carbocycles. The summed E-state index contributed by atoms with van der Waals surface area (Å²) >= 11 is 6.48. The number of rotatable bonds is 4. The monoisotopic (exact) mass is 532 g/mol. The number of pyridine rings is 1. The molecule has 2 unspecified atom stereocenters. The maximum atomic E-state index is 6.48. The van der Waals surface area contributed by atoms with Crippen molar-refractivity contribution in [3.05, 3.63) is 84.4 Å². The Kier molecular flexibility index (Phi) is 5.02. The minimum atomic E-state index is 0.606. The Balaban J connectivity index is 1.29. The molecule has 1 N–H and O–H groups in total. The van der Waals surface area contributed by atoms with Crippen LogP contribution in [0.3, 0.4) is 0 Å². The molecule has 2 bridgehead atoms. The topological polar surface area (TPSA) is 78.2 Å². The molecular formula is C30H25ClN8. The molecule has 8 nitrogen and oxygen atoms in total. The van der Waals surface area contributed by atoms with E-state index in [2.05, 4.69) is 56.3 Å². The molecule has 0 radical (unpaired) electrons. The fourth-order valence-corrected chi connectivity index (χ4v) is 6.56. The van der Waals surface area contributed by atoms with Crippen molar-refractivity contribution in [2.75, 3.05) is 25.0 Å². The molecule has 0 spiro atoms. The van der Waals surface area contributed by atoms with Gasteiger partial charge in [-0.2, -0.15) is 10.2 Å². The molecule has 192 valence electrons. The molecule has 2 atom stereocenters. The SMILES string of the molecule is CN1CC2CC1CN2c1ccc(-c2ccnc3c(-c4ccc(Cl)c5[nH]ncc45)c(-c4ccncc4)nn23)cc1. The molecule has 2 aliphatic rings. The van der Waals surface area contributed by atoms with E-state index in [-0.39, 0.29) is 0 Å². The van der Waals surface area contributed by atoms with Gasteiger partial charge < -0.3 is 4.90 Å². The largest absolute Gasteiger partial charge is 0.366 e. The number of fused-ring (bicyclic) bond motifs is 4. The van der Waals surface area contributed by atoms with E-state index >= 15 is 0 Å². The first-order chi connectivity index (χ1) is 19.2. The van der Waals surface area contributed by atoms with Crippen LogP contribution in [0.2, 0.25) is 5.02 Å². The summed E-state index contributed by atoms with van der Waals surface area (Å²) < 4.78 is 1.95. The number of piperazine rings is 1. The Bertz CT molecular complexity index is 1840. The molecule has 8 rings (SSSR count). The standard InChI is InChI=1S/C30H25ClN8/c1-37-16-22-14-21(37)17-38(22)20-4-2-18(3-5-20)26-10-13-33-30-27(23-6-7-25(31)29-24(23)15-34-35-29)28(36-39(26)30)19-8-11-32-12-9-19/h2-13,15,21-22H,14,16-17H2,1H3,(H,34,35). The van der Waals surface area contributed by atoms with Gasteiger partial charge in [-0.3, -0.25) is 15.0 Å². The number of benzene rings is 2. The van der Waals surface area contributed by atoms with Crippen LogP contribution in [0.5, 0.6) is 0 Å². The molecule has 6 aromatic rings. The number of aromatic amines is 1. The fourth-order valence-electron chi connectivity index (χ4n) is 6.35. The van der Waals surface area contributed by atoms with E-state index in [1.165, 1.54) is 12.1 Å². The Morgan fingerprint density at radius 1 is 0.897 bits per heavy atom. The average molecular weight is 533 g/mol. The highest BCUT2D eigenvalue weighted by atomic mass is 35.5. The van der Waals surface area contributed by atoms with Crippen LogP contribution in [0.1, 0.15) is 6.42 Å². The van der Waals surface area contributed by atoms with Crippen molar-refractivity contribution in [2.24, 2.45) is 0 Å². The fraction of sp³-hybridized carbons (Fsp3) is 0.200. The van der Waals surface area contributed by atoms with Gasteiger partial charge in [0.15, 0.2) is 5.65 Å². The van der Waals surface area contributed by atoms with Crippen LogP contribution in [0.15, 0.2) is 79.4 Å². The predicted octanol–water partition coefficient (Wildman–Crippen LogP) is 5.55. The molecule has 6 heterocycles. The van der Waals surface area contributed by atoms with Crippen molar-refractivity contribution in [1.29, 1.82) is 0 Å². The van der Waals surface area contributed by atoms with Gasteiger partial charge in [-0.1, -0.05) is 29.8 Å². The molecule has 2 saturated heterocycles. The van der Waals surface area contributed by atoms with Crippen LogP contribution in [0.25, 0.3) is 50.2 Å². The Hall–Kier alpha value is -4.27. The number of likely N-dealkylation sites (N-methyl/N-ethyl adjacent to an activating group) is 1. The lowest BCUT2D eigenvalue weighted by atomic mass is 9.99. The second kappa shape index (κ2) is 8.62. The van der Waals surface area contributed by atoms with Crippen LogP contribution in [0, 0.1) is 0 Å². The second-order valence-corrected chi connectivity index (χ2v) is 10.9. The number of anilines is 1. The van der Waals surface area contributed by atoms with Crippen molar-refractivity contribution in [3.8, 4) is 33.6 Å². The van der Waals surface area contributed by atoms with Gasteiger partial charge in [0.2, 0.25) is 0 Å². The van der Waals surface area contributed by atoms with Crippen LogP contribution in [0.4, 0.5) is 5.69 Å². The minimum absolute atomic E-state index is 0.606. The molecular weight excluding hydrogens is 508 g/mol. The summed E-state index contributed by atoms with van der Waals surface area (Å²) in [5.41, 5.74) is 8.62. The Labute approximate surface area is 229 Å². The van der Waals surface area contributed by atoms with E-state index in [9.17, 15) is 0 Å². The van der Waals surface area contributed by atoms with Crippen molar-refractivity contribution in [2.45, 2.75) is 18.5 Å². The first-order valence-corrected chi connectivity index (χ1v) is 13.5. The van der Waals surface area contributed by atoms with E-state index in [1.54, 1.807) is 12.4 Å². The van der Waals surface area contributed by atoms with Gasteiger partial charge in [-0.15, -0.1) is 0 Å². The summed E-state index contributed by atoms with van der Waals surface area (Å²) in [5, 5.41) is 14.0. The summed E-state index contributed by atoms with van der Waals surface area (Å²) in [5.74, 6) is 0. The van der Waals surface area contributed by atoms with Gasteiger partial charge in [0.25, 0.3) is 0 Å². The van der Waals surface area contributed by atoms with Crippen molar-refractivity contribution in [3.63, 3.8) is 0 Å². The number of likely N-dealkylation sites (tertiary alicyclic amines) is 1.